The van der Waals surface area contributed by atoms with Crippen molar-refractivity contribution in [1.82, 2.24) is 0 Å². The molecule has 0 amide bonds. The molecule has 0 bridgehead atoms. The lowest BCUT2D eigenvalue weighted by atomic mass is 10.3. The van der Waals surface area contributed by atoms with E-state index in [2.05, 4.69) is 3.77 Å². The van der Waals surface area contributed by atoms with E-state index < -0.39 is 19.0 Å². The highest BCUT2D eigenvalue weighted by Crippen LogP contribution is 2.20. The molecule has 96 valence electrons. The van der Waals surface area contributed by atoms with Crippen LogP contribution in [0.1, 0.15) is 6.92 Å². The van der Waals surface area contributed by atoms with Gasteiger partial charge >= 0.3 is 9.24 Å². The zero-order valence-electron chi connectivity index (χ0n) is 9.29. The van der Waals surface area contributed by atoms with Gasteiger partial charge in [-0.15, -0.1) is 0 Å². The second kappa shape index (κ2) is 5.24. The van der Waals surface area contributed by atoms with Crippen LogP contribution in [-0.4, -0.2) is 25.5 Å². The van der Waals surface area contributed by atoms with Gasteiger partial charge in [0.2, 0.25) is 0 Å². The third-order valence-corrected chi connectivity index (χ3v) is 6.00. The Morgan fingerprint density at radius 1 is 1.24 bits per heavy atom. The largest absolute Gasteiger partial charge is 0.497 e. The Hall–Kier alpha value is -0.790. The van der Waals surface area contributed by atoms with Crippen LogP contribution in [0.4, 0.5) is 0 Å². The minimum atomic E-state index is -4.17. The van der Waals surface area contributed by atoms with Crippen molar-refractivity contribution in [1.29, 1.82) is 0 Å². The molecule has 8 heteroatoms. The van der Waals surface area contributed by atoms with Crippen molar-refractivity contribution >= 4 is 29.6 Å². The molecular weight excluding hydrogens is 286 g/mol. The molecular formula is C9H12ClNO4S2. The lowest BCUT2D eigenvalue weighted by Crippen LogP contribution is -2.05. The summed E-state index contributed by atoms with van der Waals surface area (Å²) >= 11 is 0. The van der Waals surface area contributed by atoms with Crippen molar-refractivity contribution in [2.75, 3.05) is 12.9 Å². The Balaban J connectivity index is 3.37. The van der Waals surface area contributed by atoms with E-state index >= 15 is 0 Å². The average Bonchev–Trinajstić information content (AvgIpc) is 2.27. The maximum Gasteiger partial charge on any atom is 0.347 e. The summed E-state index contributed by atoms with van der Waals surface area (Å²) in [6.45, 7) is 1.58. The molecule has 1 atom stereocenters. The Morgan fingerprint density at radius 2 is 1.76 bits per heavy atom. The number of halogens is 1. The molecule has 0 aliphatic heterocycles. The summed E-state index contributed by atoms with van der Waals surface area (Å²) in [4.78, 5) is 0.310. The van der Waals surface area contributed by atoms with Gasteiger partial charge in [-0.1, -0.05) is 10.7 Å². The molecule has 17 heavy (non-hydrogen) atoms. The molecule has 0 unspecified atom stereocenters. The van der Waals surface area contributed by atoms with Crippen molar-refractivity contribution in [3.05, 3.63) is 24.3 Å². The van der Waals surface area contributed by atoms with E-state index in [0.29, 0.717) is 10.6 Å². The summed E-state index contributed by atoms with van der Waals surface area (Å²) < 4.78 is 42.3. The lowest BCUT2D eigenvalue weighted by Gasteiger charge is -2.07. The van der Waals surface area contributed by atoms with Gasteiger partial charge < -0.3 is 4.74 Å². The molecule has 1 aromatic rings. The molecule has 0 spiro atoms. The smallest absolute Gasteiger partial charge is 0.347 e. The van der Waals surface area contributed by atoms with Crippen LogP contribution in [0.5, 0.6) is 5.75 Å². The molecule has 1 rings (SSSR count). The molecule has 0 aliphatic carbocycles. The van der Waals surface area contributed by atoms with E-state index in [4.69, 9.17) is 15.4 Å². The van der Waals surface area contributed by atoms with Crippen LogP contribution in [-0.2, 0) is 19.0 Å². The van der Waals surface area contributed by atoms with Crippen molar-refractivity contribution in [3.8, 4) is 5.75 Å². The first kappa shape index (κ1) is 14.3. The molecule has 0 aromatic heterocycles. The van der Waals surface area contributed by atoms with Crippen LogP contribution in [0.15, 0.2) is 32.9 Å². The van der Waals surface area contributed by atoms with Gasteiger partial charge in [-0.3, -0.25) is 0 Å². The number of benzene rings is 1. The van der Waals surface area contributed by atoms with Gasteiger partial charge in [0.25, 0.3) is 0 Å². The minimum Gasteiger partial charge on any atom is -0.497 e. The second-order valence-electron chi connectivity index (χ2n) is 3.09. The summed E-state index contributed by atoms with van der Waals surface area (Å²) in [5.41, 5.74) is 0. The Morgan fingerprint density at radius 3 is 2.12 bits per heavy atom. The zero-order valence-corrected chi connectivity index (χ0v) is 11.7. The lowest BCUT2D eigenvalue weighted by molar-refractivity contribution is 0.414. The molecule has 0 heterocycles. The van der Waals surface area contributed by atoms with Gasteiger partial charge in [0.15, 0.2) is 0 Å². The standard InChI is InChI=1S/C9H12ClNO4S2/c1-3-16(12,11-17(10,13)14)9-6-4-8(15-2)5-7-9/h4-7H,3H2,1-2H3/t16-/m0/s1. The van der Waals surface area contributed by atoms with Gasteiger partial charge in [-0.25, -0.2) is 4.21 Å². The second-order valence-corrected chi connectivity index (χ2v) is 8.01. The molecule has 0 aliphatic rings. The summed E-state index contributed by atoms with van der Waals surface area (Å²) in [6, 6.07) is 6.19. The average molecular weight is 298 g/mol. The van der Waals surface area contributed by atoms with Crippen LogP contribution in [0.3, 0.4) is 0 Å². The fourth-order valence-electron chi connectivity index (χ4n) is 1.19. The molecule has 0 fully saturated rings. The van der Waals surface area contributed by atoms with Gasteiger partial charge in [0, 0.05) is 21.3 Å². The molecule has 5 nitrogen and oxygen atoms in total. The number of nitrogens with zero attached hydrogens (tertiary/aromatic N) is 1. The van der Waals surface area contributed by atoms with Crippen molar-refractivity contribution in [2.45, 2.75) is 11.8 Å². The third kappa shape index (κ3) is 3.86. The van der Waals surface area contributed by atoms with E-state index in [1.807, 2.05) is 0 Å². The van der Waals surface area contributed by atoms with Crippen LogP contribution >= 0.6 is 10.7 Å². The Bertz CT molecular complexity index is 600. The quantitative estimate of drug-likeness (QED) is 0.797. The van der Waals surface area contributed by atoms with Gasteiger partial charge in [-0.2, -0.15) is 8.42 Å². The van der Waals surface area contributed by atoms with Gasteiger partial charge in [-0.05, 0) is 24.3 Å². The number of methoxy groups -OCH3 is 1. The number of ether oxygens (including phenoxy) is 1. The maximum absolute atomic E-state index is 12.3. The van der Waals surface area contributed by atoms with E-state index in [1.165, 1.54) is 19.2 Å². The fourth-order valence-corrected chi connectivity index (χ4v) is 4.82. The van der Waals surface area contributed by atoms with E-state index in [1.54, 1.807) is 19.1 Å². The normalized spacial score (nSPS) is 15.0. The monoisotopic (exact) mass is 297 g/mol. The molecule has 0 radical (unpaired) electrons. The highest BCUT2D eigenvalue weighted by Gasteiger charge is 2.15. The first-order valence-corrected chi connectivity index (χ1v) is 8.60. The highest BCUT2D eigenvalue weighted by atomic mass is 35.7. The number of hydrogen-bond acceptors (Lipinski definition) is 4. The van der Waals surface area contributed by atoms with Crippen LogP contribution in [0.25, 0.3) is 0 Å². The first-order chi connectivity index (χ1) is 7.80. The van der Waals surface area contributed by atoms with E-state index in [-0.39, 0.29) is 5.75 Å². The highest BCUT2D eigenvalue weighted by molar-refractivity contribution is 8.17. The number of hydrogen-bond donors (Lipinski definition) is 0. The third-order valence-electron chi connectivity index (χ3n) is 2.03. The van der Waals surface area contributed by atoms with Gasteiger partial charge in [0.1, 0.15) is 5.75 Å². The SMILES string of the molecule is CC[S@@](=O)(=NS(=O)(=O)Cl)c1ccc(OC)cc1. The van der Waals surface area contributed by atoms with E-state index in [9.17, 15) is 12.6 Å². The minimum absolute atomic E-state index is 0.0608. The summed E-state index contributed by atoms with van der Waals surface area (Å²) in [7, 11) is -0.700. The zero-order chi connectivity index (χ0) is 13.1. The van der Waals surface area contributed by atoms with Crippen molar-refractivity contribution in [3.63, 3.8) is 0 Å². The Labute approximate surface area is 105 Å². The van der Waals surface area contributed by atoms with Crippen LogP contribution < -0.4 is 4.74 Å². The molecule has 0 N–H and O–H groups in total. The van der Waals surface area contributed by atoms with Crippen LogP contribution in [0, 0.1) is 0 Å². The summed E-state index contributed by atoms with van der Waals surface area (Å²) in [6.07, 6.45) is 0. The molecule has 0 saturated carbocycles. The van der Waals surface area contributed by atoms with Gasteiger partial charge in [0.05, 0.1) is 16.8 Å². The number of rotatable bonds is 4. The predicted octanol–water partition coefficient (Wildman–Crippen LogP) is 2.03. The Kier molecular flexibility index (Phi) is 4.40. The molecule has 0 saturated heterocycles. The fraction of sp³-hybridized carbons (Fsp3) is 0.333. The van der Waals surface area contributed by atoms with Crippen LogP contribution in [0.2, 0.25) is 0 Å². The van der Waals surface area contributed by atoms with E-state index in [0.717, 1.165) is 0 Å². The van der Waals surface area contributed by atoms with Crippen molar-refractivity contribution in [2.24, 2.45) is 3.77 Å². The summed E-state index contributed by atoms with van der Waals surface area (Å²) in [5, 5.41) is 0. The van der Waals surface area contributed by atoms with Crippen molar-refractivity contribution < 1.29 is 17.4 Å². The first-order valence-electron chi connectivity index (χ1n) is 4.65. The molecule has 1 aromatic carbocycles. The predicted molar refractivity (Wildman–Crippen MR) is 67.1 cm³/mol. The topological polar surface area (TPSA) is 72.8 Å². The summed E-state index contributed by atoms with van der Waals surface area (Å²) in [5.74, 6) is 0.644. The maximum atomic E-state index is 12.3.